The lowest BCUT2D eigenvalue weighted by molar-refractivity contribution is 0.0691. The van der Waals surface area contributed by atoms with Gasteiger partial charge in [0.05, 0.1) is 11.7 Å². The van der Waals surface area contributed by atoms with Gasteiger partial charge in [0.1, 0.15) is 11.2 Å². The maximum atomic E-state index is 11.0. The second-order valence-electron chi connectivity index (χ2n) is 5.02. The lowest BCUT2D eigenvalue weighted by atomic mass is 10.1. The number of nitrogens with one attached hydrogen (secondary N) is 2. The highest BCUT2D eigenvalue weighted by Crippen LogP contribution is 2.34. The normalized spacial score (nSPS) is 16.9. The van der Waals surface area contributed by atoms with Gasteiger partial charge in [0.15, 0.2) is 0 Å². The molecule has 94 valence electrons. The molecule has 0 bridgehead atoms. The predicted octanol–water partition coefficient (Wildman–Crippen LogP) is 1.30. The number of H-pyrrole nitrogens is 1. The SMILES string of the molecule is CC1(NCc2cc(C(=O)O)nc3cn[nH]c23)CC1. The Labute approximate surface area is 103 Å². The molecule has 0 aromatic carbocycles. The quantitative estimate of drug-likeness (QED) is 0.756. The van der Waals surface area contributed by atoms with Crippen molar-refractivity contribution >= 4 is 17.0 Å². The van der Waals surface area contributed by atoms with Crippen molar-refractivity contribution in [2.75, 3.05) is 0 Å². The first-order valence-electron chi connectivity index (χ1n) is 5.89. The van der Waals surface area contributed by atoms with Crippen LogP contribution < -0.4 is 5.32 Å². The molecule has 0 saturated heterocycles. The van der Waals surface area contributed by atoms with Gasteiger partial charge in [-0.25, -0.2) is 9.78 Å². The summed E-state index contributed by atoms with van der Waals surface area (Å²) in [7, 11) is 0. The summed E-state index contributed by atoms with van der Waals surface area (Å²) in [4.78, 5) is 15.1. The summed E-state index contributed by atoms with van der Waals surface area (Å²) in [5.41, 5.74) is 2.55. The molecule has 6 heteroatoms. The van der Waals surface area contributed by atoms with Crippen LogP contribution in [0.15, 0.2) is 12.3 Å². The van der Waals surface area contributed by atoms with Crippen molar-refractivity contribution in [2.24, 2.45) is 0 Å². The van der Waals surface area contributed by atoms with Gasteiger partial charge in [-0.3, -0.25) is 5.10 Å². The minimum atomic E-state index is -1.02. The molecule has 3 rings (SSSR count). The molecule has 1 fully saturated rings. The van der Waals surface area contributed by atoms with Crippen molar-refractivity contribution in [3.63, 3.8) is 0 Å². The van der Waals surface area contributed by atoms with Gasteiger partial charge in [0.25, 0.3) is 0 Å². The number of carbonyl (C=O) groups is 1. The Morgan fingerprint density at radius 2 is 2.39 bits per heavy atom. The number of aromatic nitrogens is 3. The minimum absolute atomic E-state index is 0.0571. The highest BCUT2D eigenvalue weighted by Gasteiger charge is 2.36. The highest BCUT2D eigenvalue weighted by molar-refractivity contribution is 5.90. The monoisotopic (exact) mass is 246 g/mol. The largest absolute Gasteiger partial charge is 0.477 e. The number of carboxylic acids is 1. The van der Waals surface area contributed by atoms with Crippen molar-refractivity contribution in [2.45, 2.75) is 31.8 Å². The van der Waals surface area contributed by atoms with E-state index in [1.54, 1.807) is 12.3 Å². The molecule has 18 heavy (non-hydrogen) atoms. The summed E-state index contributed by atoms with van der Waals surface area (Å²) < 4.78 is 0. The molecular formula is C12H14N4O2. The van der Waals surface area contributed by atoms with E-state index in [1.165, 1.54) is 0 Å². The van der Waals surface area contributed by atoms with Crippen molar-refractivity contribution in [1.29, 1.82) is 0 Å². The maximum Gasteiger partial charge on any atom is 0.354 e. The summed E-state index contributed by atoms with van der Waals surface area (Å²) in [6.45, 7) is 2.79. The molecule has 1 saturated carbocycles. The zero-order valence-corrected chi connectivity index (χ0v) is 10.0. The first-order valence-corrected chi connectivity index (χ1v) is 5.89. The smallest absolute Gasteiger partial charge is 0.354 e. The molecule has 2 aromatic rings. The fourth-order valence-corrected chi connectivity index (χ4v) is 1.92. The molecule has 3 N–H and O–H groups in total. The van der Waals surface area contributed by atoms with E-state index in [4.69, 9.17) is 5.11 Å². The van der Waals surface area contributed by atoms with E-state index in [-0.39, 0.29) is 11.2 Å². The average Bonchev–Trinajstić information content (AvgIpc) is 2.90. The van der Waals surface area contributed by atoms with Crippen LogP contribution in [-0.4, -0.2) is 31.8 Å². The van der Waals surface area contributed by atoms with Gasteiger partial charge < -0.3 is 10.4 Å². The fraction of sp³-hybridized carbons (Fsp3) is 0.417. The average molecular weight is 246 g/mol. The summed E-state index contributed by atoms with van der Waals surface area (Å²) in [6.07, 6.45) is 3.87. The van der Waals surface area contributed by atoms with Crippen LogP contribution in [-0.2, 0) is 6.54 Å². The Bertz CT molecular complexity index is 616. The van der Waals surface area contributed by atoms with Gasteiger partial charge in [-0.05, 0) is 31.4 Å². The molecule has 0 atom stereocenters. The topological polar surface area (TPSA) is 90.9 Å². The highest BCUT2D eigenvalue weighted by atomic mass is 16.4. The third-order valence-corrected chi connectivity index (χ3v) is 3.42. The Balaban J connectivity index is 1.96. The maximum absolute atomic E-state index is 11.0. The summed E-state index contributed by atoms with van der Waals surface area (Å²) >= 11 is 0. The summed E-state index contributed by atoms with van der Waals surface area (Å²) in [6, 6.07) is 1.60. The van der Waals surface area contributed by atoms with Gasteiger partial charge in [0, 0.05) is 12.1 Å². The summed E-state index contributed by atoms with van der Waals surface area (Å²) in [5.74, 6) is -1.02. The molecule has 0 radical (unpaired) electrons. The van der Waals surface area contributed by atoms with Gasteiger partial charge in [-0.1, -0.05) is 0 Å². The van der Waals surface area contributed by atoms with Crippen molar-refractivity contribution in [1.82, 2.24) is 20.5 Å². The number of hydrogen-bond donors (Lipinski definition) is 3. The minimum Gasteiger partial charge on any atom is -0.477 e. The zero-order valence-electron chi connectivity index (χ0n) is 10.0. The number of fused-ring (bicyclic) bond motifs is 1. The first kappa shape index (κ1) is 11.2. The Hall–Kier alpha value is -1.95. The molecule has 6 nitrogen and oxygen atoms in total. The van der Waals surface area contributed by atoms with E-state index in [9.17, 15) is 4.79 Å². The van der Waals surface area contributed by atoms with E-state index >= 15 is 0 Å². The van der Waals surface area contributed by atoms with Gasteiger partial charge in [-0.15, -0.1) is 0 Å². The number of carboxylic acid groups (broad SMARTS) is 1. The lowest BCUT2D eigenvalue weighted by Crippen LogP contribution is -2.27. The van der Waals surface area contributed by atoms with E-state index in [0.717, 1.165) is 23.9 Å². The number of aromatic amines is 1. The molecule has 0 unspecified atom stereocenters. The molecular weight excluding hydrogens is 232 g/mol. The third-order valence-electron chi connectivity index (χ3n) is 3.42. The number of pyridine rings is 1. The zero-order chi connectivity index (χ0) is 12.8. The van der Waals surface area contributed by atoms with Crippen LogP contribution in [0.25, 0.3) is 11.0 Å². The third kappa shape index (κ3) is 1.95. The van der Waals surface area contributed by atoms with Crippen LogP contribution in [0.3, 0.4) is 0 Å². The molecule has 0 aliphatic heterocycles. The summed E-state index contributed by atoms with van der Waals surface area (Å²) in [5, 5.41) is 19.2. The Morgan fingerprint density at radius 1 is 1.61 bits per heavy atom. The van der Waals surface area contributed by atoms with E-state index in [1.807, 2.05) is 0 Å². The van der Waals surface area contributed by atoms with E-state index in [0.29, 0.717) is 12.1 Å². The van der Waals surface area contributed by atoms with Crippen molar-refractivity contribution in [3.05, 3.63) is 23.5 Å². The van der Waals surface area contributed by atoms with Crippen molar-refractivity contribution < 1.29 is 9.90 Å². The van der Waals surface area contributed by atoms with Crippen LogP contribution >= 0.6 is 0 Å². The molecule has 1 aliphatic carbocycles. The second-order valence-corrected chi connectivity index (χ2v) is 5.02. The molecule has 2 aromatic heterocycles. The van der Waals surface area contributed by atoms with Gasteiger partial charge >= 0.3 is 5.97 Å². The van der Waals surface area contributed by atoms with E-state index in [2.05, 4.69) is 27.4 Å². The van der Waals surface area contributed by atoms with Gasteiger partial charge in [-0.2, -0.15) is 5.10 Å². The number of nitrogens with zero attached hydrogens (tertiary/aromatic N) is 2. The number of aromatic carboxylic acids is 1. The fourth-order valence-electron chi connectivity index (χ4n) is 1.92. The number of hydrogen-bond acceptors (Lipinski definition) is 4. The predicted molar refractivity (Wildman–Crippen MR) is 65.3 cm³/mol. The standard InChI is InChI=1S/C12H14N4O2/c1-12(2-3-12)13-5-7-4-8(11(17)18)15-9-6-14-16-10(7)9/h4,6,13H,2-3,5H2,1H3,(H,14,16)(H,17,18). The van der Waals surface area contributed by atoms with Crippen LogP contribution in [0.4, 0.5) is 0 Å². The Morgan fingerprint density at radius 3 is 3.06 bits per heavy atom. The molecule has 0 amide bonds. The molecule has 2 heterocycles. The molecule has 0 spiro atoms. The van der Waals surface area contributed by atoms with Crippen LogP contribution in [0.1, 0.15) is 35.8 Å². The van der Waals surface area contributed by atoms with Crippen LogP contribution in [0, 0.1) is 0 Å². The molecule has 1 aliphatic rings. The van der Waals surface area contributed by atoms with Crippen LogP contribution in [0.5, 0.6) is 0 Å². The van der Waals surface area contributed by atoms with Crippen molar-refractivity contribution in [3.8, 4) is 0 Å². The number of rotatable bonds is 4. The Kier molecular flexibility index (Phi) is 2.34. The lowest BCUT2D eigenvalue weighted by Gasteiger charge is -2.12. The first-order chi connectivity index (χ1) is 8.57. The second kappa shape index (κ2) is 3.78. The van der Waals surface area contributed by atoms with Gasteiger partial charge in [0.2, 0.25) is 0 Å². The van der Waals surface area contributed by atoms with Crippen LogP contribution in [0.2, 0.25) is 0 Å². The van der Waals surface area contributed by atoms with E-state index < -0.39 is 5.97 Å².